The number of carbonyl (C=O) groups excluding carboxylic acids is 1. The first kappa shape index (κ1) is 9.52. The van der Waals surface area contributed by atoms with E-state index in [-0.39, 0.29) is 5.92 Å². The van der Waals surface area contributed by atoms with Gasteiger partial charge in [-0.25, -0.2) is 0 Å². The number of nitrogens with one attached hydrogen (secondary N) is 1. The summed E-state index contributed by atoms with van der Waals surface area (Å²) in [5.74, 6) is 0.440. The molecule has 3 nitrogen and oxygen atoms in total. The molecule has 0 bridgehead atoms. The molecule has 0 aliphatic carbocycles. The Morgan fingerprint density at radius 2 is 2.42 bits per heavy atom. The largest absolute Gasteiger partial charge is 0.343 e. The zero-order valence-corrected chi connectivity index (χ0v) is 7.97. The molecule has 1 N–H and O–H groups in total. The molecule has 1 atom stereocenters. The van der Waals surface area contributed by atoms with E-state index in [1.54, 1.807) is 0 Å². The lowest BCUT2D eigenvalue weighted by molar-refractivity contribution is -0.135. The summed E-state index contributed by atoms with van der Waals surface area (Å²) in [5, 5.41) is 3.26. The molecule has 1 aliphatic rings. The van der Waals surface area contributed by atoms with Gasteiger partial charge in [-0.05, 0) is 19.9 Å². The smallest absolute Gasteiger partial charge is 0.226 e. The summed E-state index contributed by atoms with van der Waals surface area (Å²) in [6.45, 7) is 7.66. The molecule has 1 saturated heterocycles. The highest BCUT2D eigenvalue weighted by Crippen LogP contribution is 2.04. The van der Waals surface area contributed by atoms with Gasteiger partial charge >= 0.3 is 0 Å². The van der Waals surface area contributed by atoms with Gasteiger partial charge in [0, 0.05) is 25.6 Å². The minimum Gasteiger partial charge on any atom is -0.343 e. The normalized spacial score (nSPS) is 26.7. The van der Waals surface area contributed by atoms with Gasteiger partial charge in [0.15, 0.2) is 0 Å². The molecule has 1 heterocycles. The summed E-state index contributed by atoms with van der Waals surface area (Å²) in [4.78, 5) is 13.6. The Kier molecular flexibility index (Phi) is 3.53. The molecule has 1 fully saturated rings. The molecular weight excluding hydrogens is 152 g/mol. The van der Waals surface area contributed by atoms with Crippen LogP contribution in [0.3, 0.4) is 0 Å². The predicted molar refractivity (Wildman–Crippen MR) is 48.9 cm³/mol. The van der Waals surface area contributed by atoms with Crippen molar-refractivity contribution in [2.75, 3.05) is 26.2 Å². The molecular formula is C9H18N2O. The molecule has 0 aromatic rings. The van der Waals surface area contributed by atoms with Gasteiger partial charge in [0.2, 0.25) is 5.91 Å². The van der Waals surface area contributed by atoms with Crippen LogP contribution in [0.4, 0.5) is 0 Å². The lowest BCUT2D eigenvalue weighted by Crippen LogP contribution is -2.43. The predicted octanol–water partition coefficient (Wildman–Crippen LogP) is 0.464. The first-order valence-corrected chi connectivity index (χ1v) is 4.75. The van der Waals surface area contributed by atoms with Crippen LogP contribution in [0.5, 0.6) is 0 Å². The fourth-order valence-corrected chi connectivity index (χ4v) is 1.54. The second-order valence-corrected chi connectivity index (χ2v) is 3.38. The van der Waals surface area contributed by atoms with Gasteiger partial charge in [-0.2, -0.15) is 0 Å². The Bertz CT molecular complexity index is 159. The van der Waals surface area contributed by atoms with Crippen LogP contribution in [-0.2, 0) is 4.79 Å². The van der Waals surface area contributed by atoms with Crippen molar-refractivity contribution in [2.45, 2.75) is 20.3 Å². The van der Waals surface area contributed by atoms with E-state index in [0.717, 1.165) is 32.6 Å². The topological polar surface area (TPSA) is 32.3 Å². The SMILES string of the molecule is CCN1CCCNCC(C)C1=O. The molecule has 1 aliphatic heterocycles. The van der Waals surface area contributed by atoms with Crippen molar-refractivity contribution >= 4 is 5.91 Å². The highest BCUT2D eigenvalue weighted by molar-refractivity contribution is 5.78. The van der Waals surface area contributed by atoms with E-state index in [9.17, 15) is 4.79 Å². The third kappa shape index (κ3) is 2.21. The second kappa shape index (κ2) is 4.45. The molecule has 3 heteroatoms. The molecule has 0 spiro atoms. The average Bonchev–Trinajstić information content (AvgIpc) is 2.07. The third-order valence-electron chi connectivity index (χ3n) is 2.35. The van der Waals surface area contributed by atoms with Crippen molar-refractivity contribution in [1.82, 2.24) is 10.2 Å². The third-order valence-corrected chi connectivity index (χ3v) is 2.35. The van der Waals surface area contributed by atoms with Gasteiger partial charge in [0.25, 0.3) is 0 Å². The standard InChI is InChI=1S/C9H18N2O/c1-3-11-6-4-5-10-7-8(2)9(11)12/h8,10H,3-7H2,1-2H3. The zero-order valence-electron chi connectivity index (χ0n) is 7.97. The number of hydrogen-bond donors (Lipinski definition) is 1. The van der Waals surface area contributed by atoms with Crippen LogP contribution >= 0.6 is 0 Å². The molecule has 1 unspecified atom stereocenters. The summed E-state index contributed by atoms with van der Waals surface area (Å²) in [7, 11) is 0. The molecule has 1 rings (SSSR count). The minimum absolute atomic E-state index is 0.144. The highest BCUT2D eigenvalue weighted by Gasteiger charge is 2.20. The fraction of sp³-hybridized carbons (Fsp3) is 0.889. The van der Waals surface area contributed by atoms with Gasteiger partial charge in [0.05, 0.1) is 0 Å². The van der Waals surface area contributed by atoms with Crippen molar-refractivity contribution in [3.05, 3.63) is 0 Å². The Hall–Kier alpha value is -0.570. The highest BCUT2D eigenvalue weighted by atomic mass is 16.2. The van der Waals surface area contributed by atoms with Crippen LogP contribution in [0, 0.1) is 5.92 Å². The lowest BCUT2D eigenvalue weighted by Gasteiger charge is -2.27. The minimum atomic E-state index is 0.144. The Morgan fingerprint density at radius 3 is 3.08 bits per heavy atom. The summed E-state index contributed by atoms with van der Waals surface area (Å²) >= 11 is 0. The summed E-state index contributed by atoms with van der Waals surface area (Å²) < 4.78 is 0. The summed E-state index contributed by atoms with van der Waals surface area (Å²) in [6, 6.07) is 0. The van der Waals surface area contributed by atoms with E-state index in [1.807, 2.05) is 18.7 Å². The number of carbonyl (C=O) groups is 1. The first-order chi connectivity index (χ1) is 5.75. The number of hydrogen-bond acceptors (Lipinski definition) is 2. The quantitative estimate of drug-likeness (QED) is 0.620. The number of rotatable bonds is 1. The summed E-state index contributed by atoms with van der Waals surface area (Å²) in [5.41, 5.74) is 0. The maximum atomic E-state index is 11.6. The van der Waals surface area contributed by atoms with Crippen molar-refractivity contribution in [3.8, 4) is 0 Å². The lowest BCUT2D eigenvalue weighted by atomic mass is 10.1. The fourth-order valence-electron chi connectivity index (χ4n) is 1.54. The van der Waals surface area contributed by atoms with E-state index in [0.29, 0.717) is 5.91 Å². The van der Waals surface area contributed by atoms with Crippen LogP contribution in [-0.4, -0.2) is 37.0 Å². The zero-order chi connectivity index (χ0) is 8.97. The maximum Gasteiger partial charge on any atom is 0.226 e. The van der Waals surface area contributed by atoms with Gasteiger partial charge in [-0.3, -0.25) is 4.79 Å². The van der Waals surface area contributed by atoms with Crippen molar-refractivity contribution in [3.63, 3.8) is 0 Å². The molecule has 0 radical (unpaired) electrons. The molecule has 0 aromatic carbocycles. The van der Waals surface area contributed by atoms with E-state index in [2.05, 4.69) is 5.32 Å². The van der Waals surface area contributed by atoms with E-state index in [1.165, 1.54) is 0 Å². The Labute approximate surface area is 74.1 Å². The van der Waals surface area contributed by atoms with Crippen molar-refractivity contribution in [2.24, 2.45) is 5.92 Å². The Morgan fingerprint density at radius 1 is 1.67 bits per heavy atom. The average molecular weight is 170 g/mol. The van der Waals surface area contributed by atoms with Crippen LogP contribution < -0.4 is 5.32 Å². The Balaban J connectivity index is 2.53. The maximum absolute atomic E-state index is 11.6. The molecule has 1 amide bonds. The van der Waals surface area contributed by atoms with Crippen LogP contribution in [0.2, 0.25) is 0 Å². The van der Waals surface area contributed by atoms with Crippen LogP contribution in [0.25, 0.3) is 0 Å². The van der Waals surface area contributed by atoms with Crippen LogP contribution in [0.15, 0.2) is 0 Å². The van der Waals surface area contributed by atoms with Gasteiger partial charge < -0.3 is 10.2 Å². The van der Waals surface area contributed by atoms with Gasteiger partial charge in [0.1, 0.15) is 0 Å². The second-order valence-electron chi connectivity index (χ2n) is 3.38. The summed E-state index contributed by atoms with van der Waals surface area (Å²) in [6.07, 6.45) is 1.08. The van der Waals surface area contributed by atoms with E-state index >= 15 is 0 Å². The monoisotopic (exact) mass is 170 g/mol. The van der Waals surface area contributed by atoms with Gasteiger partial charge in [-0.15, -0.1) is 0 Å². The molecule has 12 heavy (non-hydrogen) atoms. The van der Waals surface area contributed by atoms with Crippen molar-refractivity contribution < 1.29 is 4.79 Å². The van der Waals surface area contributed by atoms with Crippen molar-refractivity contribution in [1.29, 1.82) is 0 Å². The van der Waals surface area contributed by atoms with Gasteiger partial charge in [-0.1, -0.05) is 6.92 Å². The first-order valence-electron chi connectivity index (χ1n) is 4.75. The molecule has 0 aromatic heterocycles. The molecule has 70 valence electrons. The molecule has 0 saturated carbocycles. The number of nitrogens with zero attached hydrogens (tertiary/aromatic N) is 1. The number of amides is 1. The van der Waals surface area contributed by atoms with E-state index in [4.69, 9.17) is 0 Å². The van der Waals surface area contributed by atoms with E-state index < -0.39 is 0 Å². The van der Waals surface area contributed by atoms with Crippen LogP contribution in [0.1, 0.15) is 20.3 Å².